The Kier molecular flexibility index (Phi) is 2.14. The second-order valence-electron chi connectivity index (χ2n) is 4.52. The molecule has 5 nitrogen and oxygen atoms in total. The number of hydrogen-bond acceptors (Lipinski definition) is 4. The third kappa shape index (κ3) is 1.24. The topological polar surface area (TPSA) is 69.1 Å². The maximum Gasteiger partial charge on any atom is 0.163 e. The first-order valence-electron chi connectivity index (χ1n) is 5.71. The van der Waals surface area contributed by atoms with E-state index in [1.54, 1.807) is 12.5 Å². The van der Waals surface area contributed by atoms with Crippen molar-refractivity contribution in [2.75, 3.05) is 6.54 Å². The molecule has 0 saturated heterocycles. The summed E-state index contributed by atoms with van der Waals surface area (Å²) in [4.78, 5) is 4.12. The second-order valence-corrected chi connectivity index (χ2v) is 4.52. The molecular weight excluding hydrogens is 202 g/mol. The van der Waals surface area contributed by atoms with Gasteiger partial charge in [0, 0.05) is 24.2 Å². The number of aromatic nitrogens is 4. The van der Waals surface area contributed by atoms with Gasteiger partial charge < -0.3 is 5.73 Å². The Balaban J connectivity index is 2.17. The maximum atomic E-state index is 5.95. The van der Waals surface area contributed by atoms with Crippen LogP contribution in [0.1, 0.15) is 31.5 Å². The Morgan fingerprint density at radius 1 is 1.31 bits per heavy atom. The van der Waals surface area contributed by atoms with Crippen molar-refractivity contribution in [3.05, 3.63) is 24.4 Å². The standard InChI is InChI=1S/C11H15N5/c12-7-11(4-1-2-5-11)10-15-14-9-3-6-13-8-16(9)10/h3,6,8H,1-2,4-5,7,12H2. The van der Waals surface area contributed by atoms with E-state index in [9.17, 15) is 0 Å². The van der Waals surface area contributed by atoms with E-state index in [1.807, 2.05) is 10.5 Å². The number of nitrogens with zero attached hydrogens (tertiary/aromatic N) is 4. The van der Waals surface area contributed by atoms with Gasteiger partial charge in [0.25, 0.3) is 0 Å². The van der Waals surface area contributed by atoms with Gasteiger partial charge in [-0.25, -0.2) is 4.98 Å². The molecule has 0 spiro atoms. The average molecular weight is 217 g/mol. The minimum Gasteiger partial charge on any atom is -0.329 e. The summed E-state index contributed by atoms with van der Waals surface area (Å²) >= 11 is 0. The molecule has 0 aliphatic heterocycles. The minimum absolute atomic E-state index is 0.0163. The van der Waals surface area contributed by atoms with Gasteiger partial charge in [0.05, 0.1) is 0 Å². The summed E-state index contributed by atoms with van der Waals surface area (Å²) in [5, 5.41) is 8.49. The Morgan fingerprint density at radius 2 is 2.12 bits per heavy atom. The van der Waals surface area contributed by atoms with Crippen LogP contribution in [0.25, 0.3) is 5.65 Å². The highest BCUT2D eigenvalue weighted by molar-refractivity contribution is 5.37. The van der Waals surface area contributed by atoms with E-state index in [0.29, 0.717) is 6.54 Å². The van der Waals surface area contributed by atoms with Crippen LogP contribution >= 0.6 is 0 Å². The van der Waals surface area contributed by atoms with Crippen molar-refractivity contribution < 1.29 is 0 Å². The van der Waals surface area contributed by atoms with Gasteiger partial charge >= 0.3 is 0 Å². The van der Waals surface area contributed by atoms with Crippen LogP contribution in [0, 0.1) is 0 Å². The van der Waals surface area contributed by atoms with Crippen LogP contribution in [0.15, 0.2) is 18.6 Å². The zero-order valence-corrected chi connectivity index (χ0v) is 9.13. The van der Waals surface area contributed by atoms with E-state index >= 15 is 0 Å². The normalized spacial score (nSPS) is 19.3. The fourth-order valence-corrected chi connectivity index (χ4v) is 2.68. The van der Waals surface area contributed by atoms with E-state index in [2.05, 4.69) is 15.2 Å². The van der Waals surface area contributed by atoms with E-state index in [0.717, 1.165) is 24.3 Å². The Labute approximate surface area is 93.7 Å². The quantitative estimate of drug-likeness (QED) is 0.811. The molecule has 16 heavy (non-hydrogen) atoms. The van der Waals surface area contributed by atoms with Crippen LogP contribution in [0.4, 0.5) is 0 Å². The Hall–Kier alpha value is -1.49. The minimum atomic E-state index is 0.0163. The molecule has 0 amide bonds. The molecule has 0 radical (unpaired) electrons. The highest BCUT2D eigenvalue weighted by atomic mass is 15.3. The van der Waals surface area contributed by atoms with Crippen molar-refractivity contribution in [2.24, 2.45) is 5.73 Å². The summed E-state index contributed by atoms with van der Waals surface area (Å²) in [7, 11) is 0. The second kappa shape index (κ2) is 3.52. The van der Waals surface area contributed by atoms with Crippen LogP contribution in [0.2, 0.25) is 0 Å². The first kappa shape index (κ1) is 9.72. The smallest absolute Gasteiger partial charge is 0.163 e. The van der Waals surface area contributed by atoms with Crippen LogP contribution in [-0.4, -0.2) is 26.1 Å². The van der Waals surface area contributed by atoms with Crippen molar-refractivity contribution in [3.63, 3.8) is 0 Å². The molecule has 2 heterocycles. The zero-order valence-electron chi connectivity index (χ0n) is 9.13. The van der Waals surface area contributed by atoms with E-state index in [1.165, 1.54) is 12.8 Å². The van der Waals surface area contributed by atoms with Crippen molar-refractivity contribution in [1.29, 1.82) is 0 Å². The van der Waals surface area contributed by atoms with Gasteiger partial charge in [0.1, 0.15) is 12.2 Å². The highest BCUT2D eigenvalue weighted by Gasteiger charge is 2.38. The van der Waals surface area contributed by atoms with Crippen LogP contribution in [-0.2, 0) is 5.41 Å². The average Bonchev–Trinajstić information content (AvgIpc) is 2.96. The van der Waals surface area contributed by atoms with Crippen molar-refractivity contribution >= 4 is 5.65 Å². The Bertz CT molecular complexity index is 498. The van der Waals surface area contributed by atoms with Crippen molar-refractivity contribution in [2.45, 2.75) is 31.1 Å². The molecule has 84 valence electrons. The molecule has 2 aromatic rings. The molecule has 1 aliphatic rings. The van der Waals surface area contributed by atoms with E-state index in [4.69, 9.17) is 5.73 Å². The first-order valence-corrected chi connectivity index (χ1v) is 5.71. The van der Waals surface area contributed by atoms with E-state index in [-0.39, 0.29) is 5.41 Å². The third-order valence-corrected chi connectivity index (χ3v) is 3.64. The molecule has 1 fully saturated rings. The number of nitrogens with two attached hydrogens (primary N) is 1. The van der Waals surface area contributed by atoms with Gasteiger partial charge in [0.2, 0.25) is 0 Å². The first-order chi connectivity index (χ1) is 7.86. The predicted molar refractivity (Wildman–Crippen MR) is 60.0 cm³/mol. The number of fused-ring (bicyclic) bond motifs is 1. The molecule has 0 unspecified atom stereocenters. The van der Waals surface area contributed by atoms with Gasteiger partial charge in [-0.1, -0.05) is 12.8 Å². The van der Waals surface area contributed by atoms with Gasteiger partial charge in [-0.05, 0) is 12.8 Å². The van der Waals surface area contributed by atoms with Gasteiger partial charge in [-0.2, -0.15) is 0 Å². The Morgan fingerprint density at radius 3 is 2.88 bits per heavy atom. The summed E-state index contributed by atoms with van der Waals surface area (Å²) < 4.78 is 1.97. The summed E-state index contributed by atoms with van der Waals surface area (Å²) in [5.74, 6) is 0.982. The molecule has 1 aliphatic carbocycles. The summed E-state index contributed by atoms with van der Waals surface area (Å²) in [6.07, 6.45) is 8.19. The molecule has 0 atom stereocenters. The highest BCUT2D eigenvalue weighted by Crippen LogP contribution is 2.39. The lowest BCUT2D eigenvalue weighted by Gasteiger charge is -2.24. The fourth-order valence-electron chi connectivity index (χ4n) is 2.68. The number of hydrogen-bond donors (Lipinski definition) is 1. The lowest BCUT2D eigenvalue weighted by molar-refractivity contribution is 0.420. The summed E-state index contributed by atoms with van der Waals surface area (Å²) in [6, 6.07) is 1.87. The molecule has 1 saturated carbocycles. The van der Waals surface area contributed by atoms with Crippen molar-refractivity contribution in [3.8, 4) is 0 Å². The van der Waals surface area contributed by atoms with Crippen LogP contribution < -0.4 is 5.73 Å². The monoisotopic (exact) mass is 217 g/mol. The molecule has 2 aromatic heterocycles. The van der Waals surface area contributed by atoms with E-state index < -0.39 is 0 Å². The van der Waals surface area contributed by atoms with Crippen LogP contribution in [0.3, 0.4) is 0 Å². The van der Waals surface area contributed by atoms with Gasteiger partial charge in [-0.3, -0.25) is 4.40 Å². The van der Waals surface area contributed by atoms with Crippen molar-refractivity contribution in [1.82, 2.24) is 19.6 Å². The predicted octanol–water partition coefficient (Wildman–Crippen LogP) is 0.895. The zero-order chi connectivity index (χ0) is 11.0. The lowest BCUT2D eigenvalue weighted by atomic mass is 9.85. The number of rotatable bonds is 2. The largest absolute Gasteiger partial charge is 0.329 e. The molecule has 3 rings (SSSR count). The summed E-state index contributed by atoms with van der Waals surface area (Å²) in [6.45, 7) is 0.642. The van der Waals surface area contributed by atoms with Crippen LogP contribution in [0.5, 0.6) is 0 Å². The lowest BCUT2D eigenvalue weighted by Crippen LogP contribution is -2.34. The fraction of sp³-hybridized carbons (Fsp3) is 0.545. The molecule has 5 heteroatoms. The third-order valence-electron chi connectivity index (χ3n) is 3.64. The molecule has 0 aromatic carbocycles. The van der Waals surface area contributed by atoms with Gasteiger partial charge in [-0.15, -0.1) is 10.2 Å². The molecule has 0 bridgehead atoms. The summed E-state index contributed by atoms with van der Waals surface area (Å²) in [5.41, 5.74) is 6.82. The SMILES string of the molecule is NCC1(c2nnc3ccncn23)CCCC1. The molecular formula is C11H15N5. The maximum absolute atomic E-state index is 5.95. The molecule has 2 N–H and O–H groups in total. The van der Waals surface area contributed by atoms with Gasteiger partial charge in [0.15, 0.2) is 5.65 Å².